The average Bonchev–Trinajstić information content (AvgIpc) is 2.95. The number of hydrogen-bond acceptors (Lipinski definition) is 4. The van der Waals surface area contributed by atoms with Gasteiger partial charge in [-0.1, -0.05) is 18.9 Å². The molecule has 1 aromatic rings. The van der Waals surface area contributed by atoms with Gasteiger partial charge in [0.25, 0.3) is 0 Å². The Morgan fingerprint density at radius 2 is 1.68 bits per heavy atom. The maximum atomic E-state index is 10.6. The van der Waals surface area contributed by atoms with Gasteiger partial charge >= 0.3 is 0 Å². The fourth-order valence-corrected chi connectivity index (χ4v) is 2.89. The van der Waals surface area contributed by atoms with Gasteiger partial charge < -0.3 is 19.3 Å². The molecule has 1 N–H and O–H groups in total. The van der Waals surface area contributed by atoms with E-state index in [1.54, 1.807) is 21.3 Å². The first-order valence-corrected chi connectivity index (χ1v) is 6.62. The number of ether oxygens (including phenoxy) is 3. The third-order valence-electron chi connectivity index (χ3n) is 4.08. The van der Waals surface area contributed by atoms with Crippen LogP contribution in [0.1, 0.15) is 37.4 Å². The third kappa shape index (κ3) is 2.55. The van der Waals surface area contributed by atoms with Crippen LogP contribution in [0.4, 0.5) is 0 Å². The Balaban J connectivity index is 2.30. The summed E-state index contributed by atoms with van der Waals surface area (Å²) in [6.45, 7) is 0. The number of hydrogen-bond donors (Lipinski definition) is 1. The van der Waals surface area contributed by atoms with E-state index < -0.39 is 11.7 Å². The molecular weight excluding hydrogens is 244 g/mol. The van der Waals surface area contributed by atoms with Crippen molar-refractivity contribution in [1.82, 2.24) is 0 Å². The molecule has 0 aliphatic heterocycles. The van der Waals surface area contributed by atoms with Crippen LogP contribution in [0.3, 0.4) is 0 Å². The zero-order chi connectivity index (χ0) is 13.9. The molecule has 0 saturated heterocycles. The molecule has 1 atom stereocenters. The summed E-state index contributed by atoms with van der Waals surface area (Å²) in [6, 6.07) is 5.50. The van der Waals surface area contributed by atoms with Gasteiger partial charge in [-0.15, -0.1) is 0 Å². The van der Waals surface area contributed by atoms with Crippen molar-refractivity contribution in [3.63, 3.8) is 0 Å². The van der Waals surface area contributed by atoms with Crippen LogP contribution in [0.2, 0.25) is 0 Å². The fraction of sp³-hybridized carbons (Fsp3) is 0.600. The van der Waals surface area contributed by atoms with Crippen LogP contribution in [0.25, 0.3) is 0 Å². The van der Waals surface area contributed by atoms with Crippen molar-refractivity contribution in [2.75, 3.05) is 21.3 Å². The van der Waals surface area contributed by atoms with Crippen LogP contribution < -0.4 is 9.47 Å². The fourth-order valence-electron chi connectivity index (χ4n) is 2.89. The molecular formula is C15H22O4. The first-order valence-electron chi connectivity index (χ1n) is 6.62. The molecule has 0 heterocycles. The molecule has 1 aromatic carbocycles. The number of aliphatic hydroxyl groups is 1. The van der Waals surface area contributed by atoms with Crippen molar-refractivity contribution >= 4 is 0 Å². The lowest BCUT2D eigenvalue weighted by molar-refractivity contribution is -0.100. The summed E-state index contributed by atoms with van der Waals surface area (Å²) in [5.41, 5.74) is 0.348. The zero-order valence-corrected chi connectivity index (χ0v) is 11.8. The average molecular weight is 266 g/mol. The van der Waals surface area contributed by atoms with Crippen LogP contribution in [-0.4, -0.2) is 32.0 Å². The molecule has 106 valence electrons. The van der Waals surface area contributed by atoms with Gasteiger partial charge in [-0.2, -0.15) is 0 Å². The van der Waals surface area contributed by atoms with Gasteiger partial charge in [0.05, 0.1) is 19.8 Å². The summed E-state index contributed by atoms with van der Waals surface area (Å²) in [5.74, 6) is 1.29. The quantitative estimate of drug-likeness (QED) is 0.890. The number of methoxy groups -OCH3 is 3. The molecule has 2 rings (SSSR count). The van der Waals surface area contributed by atoms with Crippen molar-refractivity contribution in [2.24, 2.45) is 0 Å². The second-order valence-corrected chi connectivity index (χ2v) is 4.99. The Bertz CT molecular complexity index is 424. The normalized spacial score (nSPS) is 19.2. The van der Waals surface area contributed by atoms with Crippen LogP contribution >= 0.6 is 0 Å². The highest BCUT2D eigenvalue weighted by atomic mass is 16.5. The highest BCUT2D eigenvalue weighted by molar-refractivity contribution is 5.44. The molecule has 1 aliphatic carbocycles. The van der Waals surface area contributed by atoms with E-state index in [0.29, 0.717) is 11.5 Å². The van der Waals surface area contributed by atoms with Gasteiger partial charge in [0.15, 0.2) is 11.5 Å². The third-order valence-corrected chi connectivity index (χ3v) is 4.08. The lowest BCUT2D eigenvalue weighted by Crippen LogP contribution is -2.35. The van der Waals surface area contributed by atoms with Crippen LogP contribution in [0.15, 0.2) is 18.2 Å². The largest absolute Gasteiger partial charge is 0.493 e. The standard InChI is InChI=1S/C15H22O4/c1-17-12-7-6-11(10-13(12)18-2)14(16)15(19-3)8-4-5-9-15/h6-7,10,14,16H,4-5,8-9H2,1-3H3. The predicted octanol–water partition coefficient (Wildman–Crippen LogP) is 2.70. The summed E-state index contributed by atoms with van der Waals surface area (Å²) < 4.78 is 16.1. The zero-order valence-electron chi connectivity index (χ0n) is 11.8. The predicted molar refractivity (Wildman–Crippen MR) is 72.7 cm³/mol. The summed E-state index contributed by atoms with van der Waals surface area (Å²) >= 11 is 0. The first kappa shape index (κ1) is 14.2. The minimum Gasteiger partial charge on any atom is -0.493 e. The van der Waals surface area contributed by atoms with Crippen molar-refractivity contribution in [1.29, 1.82) is 0 Å². The van der Waals surface area contributed by atoms with E-state index in [-0.39, 0.29) is 0 Å². The van der Waals surface area contributed by atoms with Gasteiger partial charge in [-0.25, -0.2) is 0 Å². The van der Waals surface area contributed by atoms with Crippen molar-refractivity contribution in [3.05, 3.63) is 23.8 Å². The van der Waals surface area contributed by atoms with E-state index in [9.17, 15) is 5.11 Å². The molecule has 0 aromatic heterocycles. The van der Waals surface area contributed by atoms with Gasteiger partial charge in [-0.05, 0) is 30.5 Å². The number of benzene rings is 1. The Kier molecular flexibility index (Phi) is 4.32. The van der Waals surface area contributed by atoms with E-state index in [0.717, 1.165) is 31.2 Å². The first-order chi connectivity index (χ1) is 9.16. The summed E-state index contributed by atoms with van der Waals surface area (Å²) in [7, 11) is 4.87. The maximum Gasteiger partial charge on any atom is 0.161 e. The molecule has 1 saturated carbocycles. The van der Waals surface area contributed by atoms with Crippen molar-refractivity contribution in [2.45, 2.75) is 37.4 Å². The van der Waals surface area contributed by atoms with E-state index >= 15 is 0 Å². The highest BCUT2D eigenvalue weighted by Gasteiger charge is 2.41. The molecule has 1 aliphatic rings. The molecule has 1 fully saturated rings. The molecule has 1 unspecified atom stereocenters. The molecule has 0 bridgehead atoms. The van der Waals surface area contributed by atoms with Gasteiger partial charge in [-0.3, -0.25) is 0 Å². The van der Waals surface area contributed by atoms with Crippen LogP contribution in [0, 0.1) is 0 Å². The van der Waals surface area contributed by atoms with Gasteiger partial charge in [0.1, 0.15) is 6.10 Å². The number of rotatable bonds is 5. The van der Waals surface area contributed by atoms with Crippen molar-refractivity contribution < 1.29 is 19.3 Å². The maximum absolute atomic E-state index is 10.6. The lowest BCUT2D eigenvalue weighted by Gasteiger charge is -2.33. The van der Waals surface area contributed by atoms with E-state index in [4.69, 9.17) is 14.2 Å². The number of aliphatic hydroxyl groups excluding tert-OH is 1. The minimum atomic E-state index is -0.639. The summed E-state index contributed by atoms with van der Waals surface area (Å²) in [4.78, 5) is 0. The second-order valence-electron chi connectivity index (χ2n) is 4.99. The Morgan fingerprint density at radius 3 is 2.21 bits per heavy atom. The van der Waals surface area contributed by atoms with Crippen LogP contribution in [-0.2, 0) is 4.74 Å². The Hall–Kier alpha value is -1.26. The smallest absolute Gasteiger partial charge is 0.161 e. The molecule has 19 heavy (non-hydrogen) atoms. The van der Waals surface area contributed by atoms with E-state index in [2.05, 4.69) is 0 Å². The second kappa shape index (κ2) is 5.80. The van der Waals surface area contributed by atoms with Crippen LogP contribution in [0.5, 0.6) is 11.5 Å². The minimum absolute atomic E-state index is 0.459. The summed E-state index contributed by atoms with van der Waals surface area (Å²) in [5, 5.41) is 10.6. The Morgan fingerprint density at radius 1 is 1.05 bits per heavy atom. The van der Waals surface area contributed by atoms with E-state index in [1.165, 1.54) is 0 Å². The monoisotopic (exact) mass is 266 g/mol. The molecule has 4 heteroatoms. The molecule has 4 nitrogen and oxygen atoms in total. The molecule has 0 radical (unpaired) electrons. The lowest BCUT2D eigenvalue weighted by atomic mass is 9.89. The molecule has 0 spiro atoms. The highest BCUT2D eigenvalue weighted by Crippen LogP contribution is 2.43. The van der Waals surface area contributed by atoms with Gasteiger partial charge in [0.2, 0.25) is 0 Å². The SMILES string of the molecule is COc1ccc(C(O)C2(OC)CCCC2)cc1OC. The van der Waals surface area contributed by atoms with Gasteiger partial charge in [0, 0.05) is 7.11 Å². The summed E-state index contributed by atoms with van der Waals surface area (Å²) in [6.07, 6.45) is 3.33. The molecule has 0 amide bonds. The topological polar surface area (TPSA) is 47.9 Å². The van der Waals surface area contributed by atoms with E-state index in [1.807, 2.05) is 18.2 Å². The van der Waals surface area contributed by atoms with Crippen molar-refractivity contribution in [3.8, 4) is 11.5 Å². The Labute approximate surface area is 114 Å².